The zero-order valence-electron chi connectivity index (χ0n) is 13.2. The van der Waals surface area contributed by atoms with E-state index in [0.717, 1.165) is 28.1 Å². The molecule has 0 fully saturated rings. The van der Waals surface area contributed by atoms with Crippen molar-refractivity contribution in [3.05, 3.63) is 52.3 Å². The second-order valence-electron chi connectivity index (χ2n) is 5.53. The SMILES string of the molecule is Cc1ccc(S(=O)(=O)NCc2cc(C)n(C)c2C)cc1C. The fourth-order valence-corrected chi connectivity index (χ4v) is 3.34. The lowest BCUT2D eigenvalue weighted by atomic mass is 10.1. The Labute approximate surface area is 126 Å². The zero-order chi connectivity index (χ0) is 15.8. The second kappa shape index (κ2) is 5.66. The average Bonchev–Trinajstić information content (AvgIpc) is 2.67. The third kappa shape index (κ3) is 3.19. The predicted octanol–water partition coefficient (Wildman–Crippen LogP) is 2.74. The van der Waals surface area contributed by atoms with Crippen molar-refractivity contribution >= 4 is 10.0 Å². The van der Waals surface area contributed by atoms with Crippen LogP contribution in [0.2, 0.25) is 0 Å². The lowest BCUT2D eigenvalue weighted by Crippen LogP contribution is -2.23. The molecule has 0 aliphatic rings. The molecule has 1 N–H and O–H groups in total. The first kappa shape index (κ1) is 15.8. The summed E-state index contributed by atoms with van der Waals surface area (Å²) >= 11 is 0. The molecule has 0 bridgehead atoms. The number of nitrogens with zero attached hydrogens (tertiary/aromatic N) is 1. The van der Waals surface area contributed by atoms with Crippen molar-refractivity contribution in [1.29, 1.82) is 0 Å². The van der Waals surface area contributed by atoms with Crippen LogP contribution in [-0.2, 0) is 23.6 Å². The van der Waals surface area contributed by atoms with Crippen LogP contribution in [0, 0.1) is 27.7 Å². The van der Waals surface area contributed by atoms with Gasteiger partial charge in [0.15, 0.2) is 0 Å². The highest BCUT2D eigenvalue weighted by Gasteiger charge is 2.16. The fraction of sp³-hybridized carbons (Fsp3) is 0.375. The van der Waals surface area contributed by atoms with Crippen LogP contribution in [0.25, 0.3) is 0 Å². The summed E-state index contributed by atoms with van der Waals surface area (Å²) in [5.41, 5.74) is 5.26. The van der Waals surface area contributed by atoms with Gasteiger partial charge >= 0.3 is 0 Å². The van der Waals surface area contributed by atoms with Gasteiger partial charge in [-0.1, -0.05) is 6.07 Å². The van der Waals surface area contributed by atoms with E-state index in [1.807, 2.05) is 46.9 Å². The first-order valence-corrected chi connectivity index (χ1v) is 8.39. The minimum Gasteiger partial charge on any atom is -0.352 e. The van der Waals surface area contributed by atoms with Crippen molar-refractivity contribution in [1.82, 2.24) is 9.29 Å². The monoisotopic (exact) mass is 306 g/mol. The normalized spacial score (nSPS) is 11.9. The van der Waals surface area contributed by atoms with Gasteiger partial charge in [0.25, 0.3) is 0 Å². The molecule has 0 unspecified atom stereocenters. The van der Waals surface area contributed by atoms with Gasteiger partial charge in [0.2, 0.25) is 10.0 Å². The first-order chi connectivity index (χ1) is 9.72. The number of nitrogens with one attached hydrogen (secondary N) is 1. The molecule has 0 radical (unpaired) electrons. The predicted molar refractivity (Wildman–Crippen MR) is 84.8 cm³/mol. The maximum absolute atomic E-state index is 12.4. The van der Waals surface area contributed by atoms with Crippen molar-refractivity contribution in [2.24, 2.45) is 7.05 Å². The minimum atomic E-state index is -3.48. The van der Waals surface area contributed by atoms with E-state index < -0.39 is 10.0 Å². The standard InChI is InChI=1S/C16H22N2O2S/c1-11-6-7-16(8-12(11)2)21(19,20)17-10-15-9-13(3)18(5)14(15)4/h6-9,17H,10H2,1-5H3. The van der Waals surface area contributed by atoms with Crippen molar-refractivity contribution in [2.75, 3.05) is 0 Å². The molecule has 114 valence electrons. The number of aryl methyl sites for hydroxylation is 3. The largest absolute Gasteiger partial charge is 0.352 e. The lowest BCUT2D eigenvalue weighted by Gasteiger charge is -2.09. The van der Waals surface area contributed by atoms with E-state index in [-0.39, 0.29) is 0 Å². The Hall–Kier alpha value is -1.59. The molecule has 4 nitrogen and oxygen atoms in total. The van der Waals surface area contributed by atoms with Gasteiger partial charge in [0, 0.05) is 25.0 Å². The molecule has 0 saturated carbocycles. The molecule has 0 aliphatic heterocycles. The second-order valence-corrected chi connectivity index (χ2v) is 7.29. The maximum Gasteiger partial charge on any atom is 0.240 e. The van der Waals surface area contributed by atoms with E-state index in [1.54, 1.807) is 12.1 Å². The molecular weight excluding hydrogens is 284 g/mol. The fourth-order valence-electron chi connectivity index (χ4n) is 2.25. The smallest absolute Gasteiger partial charge is 0.240 e. The number of hydrogen-bond acceptors (Lipinski definition) is 2. The zero-order valence-corrected chi connectivity index (χ0v) is 14.0. The summed E-state index contributed by atoms with van der Waals surface area (Å²) in [7, 11) is -1.50. The quantitative estimate of drug-likeness (QED) is 0.944. The summed E-state index contributed by atoms with van der Waals surface area (Å²) in [5.74, 6) is 0. The van der Waals surface area contributed by atoms with Crippen LogP contribution >= 0.6 is 0 Å². The highest BCUT2D eigenvalue weighted by atomic mass is 32.2. The third-order valence-corrected chi connectivity index (χ3v) is 5.52. The average molecular weight is 306 g/mol. The van der Waals surface area contributed by atoms with Gasteiger partial charge < -0.3 is 4.57 Å². The van der Waals surface area contributed by atoms with Crippen LogP contribution in [0.5, 0.6) is 0 Å². The number of aromatic nitrogens is 1. The lowest BCUT2D eigenvalue weighted by molar-refractivity contribution is 0.581. The van der Waals surface area contributed by atoms with E-state index in [0.29, 0.717) is 11.4 Å². The van der Waals surface area contributed by atoms with E-state index in [9.17, 15) is 8.42 Å². The summed E-state index contributed by atoms with van der Waals surface area (Å²) in [6.07, 6.45) is 0. The molecule has 0 spiro atoms. The van der Waals surface area contributed by atoms with Gasteiger partial charge in [-0.25, -0.2) is 13.1 Å². The molecule has 1 aromatic carbocycles. The molecule has 1 heterocycles. The molecule has 0 aliphatic carbocycles. The summed E-state index contributed by atoms with van der Waals surface area (Å²) in [4.78, 5) is 0.316. The van der Waals surface area contributed by atoms with Crippen molar-refractivity contribution in [3.8, 4) is 0 Å². The summed E-state index contributed by atoms with van der Waals surface area (Å²) in [5, 5.41) is 0. The van der Waals surface area contributed by atoms with Gasteiger partial charge in [-0.15, -0.1) is 0 Å². The van der Waals surface area contributed by atoms with Crippen LogP contribution in [0.15, 0.2) is 29.2 Å². The number of sulfonamides is 1. The van der Waals surface area contributed by atoms with Crippen molar-refractivity contribution in [3.63, 3.8) is 0 Å². The van der Waals surface area contributed by atoms with Gasteiger partial charge in [-0.3, -0.25) is 0 Å². The molecule has 0 amide bonds. The molecule has 1 aromatic heterocycles. The Bertz CT molecular complexity index is 774. The molecule has 2 aromatic rings. The summed E-state index contributed by atoms with van der Waals surface area (Å²) in [6, 6.07) is 7.20. The summed E-state index contributed by atoms with van der Waals surface area (Å²) in [6.45, 7) is 8.19. The Morgan fingerprint density at radius 1 is 1.05 bits per heavy atom. The Kier molecular flexibility index (Phi) is 4.25. The van der Waals surface area contributed by atoms with E-state index in [4.69, 9.17) is 0 Å². The topological polar surface area (TPSA) is 51.1 Å². The van der Waals surface area contributed by atoms with Crippen molar-refractivity contribution in [2.45, 2.75) is 39.1 Å². The Balaban J connectivity index is 2.21. The third-order valence-electron chi connectivity index (χ3n) is 4.12. The minimum absolute atomic E-state index is 0.308. The Morgan fingerprint density at radius 3 is 2.24 bits per heavy atom. The van der Waals surface area contributed by atoms with Gasteiger partial charge in [-0.05, 0) is 62.6 Å². The van der Waals surface area contributed by atoms with E-state index in [1.165, 1.54) is 0 Å². The van der Waals surface area contributed by atoms with Gasteiger partial charge in [0.05, 0.1) is 4.90 Å². The maximum atomic E-state index is 12.4. The van der Waals surface area contributed by atoms with Crippen LogP contribution < -0.4 is 4.72 Å². The van der Waals surface area contributed by atoms with Crippen molar-refractivity contribution < 1.29 is 8.42 Å². The molecular formula is C16H22N2O2S. The Morgan fingerprint density at radius 2 is 1.71 bits per heavy atom. The molecule has 21 heavy (non-hydrogen) atoms. The van der Waals surface area contributed by atoms with Crippen LogP contribution in [0.4, 0.5) is 0 Å². The number of benzene rings is 1. The molecule has 0 saturated heterocycles. The van der Waals surface area contributed by atoms with E-state index in [2.05, 4.69) is 9.29 Å². The molecule has 5 heteroatoms. The van der Waals surface area contributed by atoms with Crippen LogP contribution in [0.1, 0.15) is 28.1 Å². The van der Waals surface area contributed by atoms with Gasteiger partial charge in [0.1, 0.15) is 0 Å². The number of hydrogen-bond donors (Lipinski definition) is 1. The molecule has 2 rings (SSSR count). The molecule has 0 atom stereocenters. The number of rotatable bonds is 4. The first-order valence-electron chi connectivity index (χ1n) is 6.91. The summed E-state index contributed by atoms with van der Waals surface area (Å²) < 4.78 is 29.4. The van der Waals surface area contributed by atoms with Crippen LogP contribution in [-0.4, -0.2) is 13.0 Å². The van der Waals surface area contributed by atoms with Gasteiger partial charge in [-0.2, -0.15) is 0 Å². The highest BCUT2D eigenvalue weighted by molar-refractivity contribution is 7.89. The van der Waals surface area contributed by atoms with Crippen LogP contribution in [0.3, 0.4) is 0 Å². The highest BCUT2D eigenvalue weighted by Crippen LogP contribution is 2.17. The van der Waals surface area contributed by atoms with E-state index >= 15 is 0 Å².